The van der Waals surface area contributed by atoms with Gasteiger partial charge < -0.3 is 24.8 Å². The predicted octanol–water partition coefficient (Wildman–Crippen LogP) is 3.39. The fraction of sp³-hybridized carbons (Fsp3) is 0.615. The number of hydrogen-bond donors (Lipinski definition) is 2. The van der Waals surface area contributed by atoms with Gasteiger partial charge in [0.25, 0.3) is 5.91 Å². The van der Waals surface area contributed by atoms with E-state index in [9.17, 15) is 4.79 Å². The monoisotopic (exact) mass is 474 g/mol. The Balaban J connectivity index is 1.55. The van der Waals surface area contributed by atoms with Crippen molar-refractivity contribution < 1.29 is 19.0 Å². The molecule has 2 aromatic rings. The first-order chi connectivity index (χ1) is 16.4. The van der Waals surface area contributed by atoms with E-state index >= 15 is 0 Å². The van der Waals surface area contributed by atoms with Crippen LogP contribution in [-0.4, -0.2) is 74.5 Å². The third-order valence-electron chi connectivity index (χ3n) is 5.42. The molecule has 2 N–H and O–H groups in total. The van der Waals surface area contributed by atoms with E-state index in [4.69, 9.17) is 14.2 Å². The number of carbonyl (C=O) groups excluding carboxylic acids is 1. The van der Waals surface area contributed by atoms with Gasteiger partial charge in [-0.25, -0.2) is 0 Å². The molecule has 1 amide bonds. The van der Waals surface area contributed by atoms with Gasteiger partial charge in [0.15, 0.2) is 0 Å². The number of aromatic nitrogens is 2. The lowest BCUT2D eigenvalue weighted by atomic mass is 10.1. The normalized spacial score (nSPS) is 12.4. The Kier molecular flexibility index (Phi) is 12.8. The Bertz CT molecular complexity index is 820. The van der Waals surface area contributed by atoms with E-state index in [0.717, 1.165) is 12.1 Å². The highest BCUT2D eigenvalue weighted by Gasteiger charge is 2.12. The number of hydrogen-bond acceptors (Lipinski definition) is 6. The SMILES string of the molecule is CC(C)NCCOCCOCCOCCNC(=O)c1ccc(C(C)n2cc(C(C)C)cn2)cc1. The standard InChI is InChI=1S/C26H42N4O4/c1-20(2)25-18-29-30(19-25)22(5)23-6-8-24(9-7-23)26(31)28-11-13-33-15-17-34-16-14-32-12-10-27-21(3)4/h6-9,18-22,27H,10-17H2,1-5H3,(H,28,31). The first-order valence-corrected chi connectivity index (χ1v) is 12.3. The molecule has 0 aliphatic rings. The van der Waals surface area contributed by atoms with E-state index in [1.54, 1.807) is 0 Å². The summed E-state index contributed by atoms with van der Waals surface area (Å²) in [4.78, 5) is 12.4. The van der Waals surface area contributed by atoms with Crippen molar-refractivity contribution >= 4 is 5.91 Å². The van der Waals surface area contributed by atoms with Crippen molar-refractivity contribution in [3.63, 3.8) is 0 Å². The molecule has 190 valence electrons. The van der Waals surface area contributed by atoms with E-state index in [0.29, 0.717) is 63.7 Å². The second-order valence-electron chi connectivity index (χ2n) is 8.91. The smallest absolute Gasteiger partial charge is 0.251 e. The molecule has 0 aliphatic carbocycles. The average Bonchev–Trinajstić information content (AvgIpc) is 3.32. The summed E-state index contributed by atoms with van der Waals surface area (Å²) in [5.74, 6) is 0.342. The summed E-state index contributed by atoms with van der Waals surface area (Å²) in [6, 6.07) is 8.24. The van der Waals surface area contributed by atoms with Crippen molar-refractivity contribution in [1.29, 1.82) is 0 Å². The van der Waals surface area contributed by atoms with Gasteiger partial charge in [-0.1, -0.05) is 39.8 Å². The second kappa shape index (κ2) is 15.6. The Labute approximate surface area is 204 Å². The molecule has 1 aromatic carbocycles. The predicted molar refractivity (Wildman–Crippen MR) is 134 cm³/mol. The fourth-order valence-electron chi connectivity index (χ4n) is 3.23. The van der Waals surface area contributed by atoms with Crippen LogP contribution in [0.5, 0.6) is 0 Å². The van der Waals surface area contributed by atoms with E-state index in [-0.39, 0.29) is 11.9 Å². The zero-order valence-corrected chi connectivity index (χ0v) is 21.4. The summed E-state index contributed by atoms with van der Waals surface area (Å²) in [6.07, 6.45) is 4.00. The minimum Gasteiger partial charge on any atom is -0.378 e. The molecule has 1 aromatic heterocycles. The fourth-order valence-corrected chi connectivity index (χ4v) is 3.23. The van der Waals surface area contributed by atoms with Crippen molar-refractivity contribution in [2.45, 2.75) is 52.6 Å². The minimum atomic E-state index is -0.107. The molecule has 1 unspecified atom stereocenters. The summed E-state index contributed by atoms with van der Waals surface area (Å²) in [5, 5.41) is 10.7. The number of carbonyl (C=O) groups is 1. The van der Waals surface area contributed by atoms with Crippen molar-refractivity contribution in [3.8, 4) is 0 Å². The van der Waals surface area contributed by atoms with Gasteiger partial charge in [-0.3, -0.25) is 9.48 Å². The van der Waals surface area contributed by atoms with Crippen LogP contribution in [0.4, 0.5) is 0 Å². The van der Waals surface area contributed by atoms with Crippen LogP contribution in [0.1, 0.15) is 68.1 Å². The average molecular weight is 475 g/mol. The molecule has 0 saturated heterocycles. The highest BCUT2D eigenvalue weighted by atomic mass is 16.5. The van der Waals surface area contributed by atoms with Gasteiger partial charge in [0.05, 0.1) is 51.9 Å². The van der Waals surface area contributed by atoms with Crippen LogP contribution in [0, 0.1) is 0 Å². The first-order valence-electron chi connectivity index (χ1n) is 12.3. The number of amides is 1. The molecule has 0 spiro atoms. The molecule has 0 bridgehead atoms. The van der Waals surface area contributed by atoms with Crippen molar-refractivity contribution in [1.82, 2.24) is 20.4 Å². The quantitative estimate of drug-likeness (QED) is 0.342. The number of ether oxygens (including phenoxy) is 3. The summed E-state index contributed by atoms with van der Waals surface area (Å²) >= 11 is 0. The van der Waals surface area contributed by atoms with Crippen molar-refractivity contribution in [3.05, 3.63) is 53.3 Å². The maximum absolute atomic E-state index is 12.4. The molecule has 2 rings (SSSR count). The van der Waals surface area contributed by atoms with E-state index < -0.39 is 0 Å². The summed E-state index contributed by atoms with van der Waals surface area (Å²) < 4.78 is 18.4. The Morgan fingerprint density at radius 3 is 2.00 bits per heavy atom. The van der Waals surface area contributed by atoms with Gasteiger partial charge >= 0.3 is 0 Å². The summed E-state index contributed by atoms with van der Waals surface area (Å²) in [5.41, 5.74) is 2.96. The highest BCUT2D eigenvalue weighted by Crippen LogP contribution is 2.20. The van der Waals surface area contributed by atoms with Gasteiger partial charge in [0, 0.05) is 30.9 Å². The molecule has 0 aliphatic heterocycles. The van der Waals surface area contributed by atoms with Gasteiger partial charge in [0.2, 0.25) is 0 Å². The summed E-state index contributed by atoms with van der Waals surface area (Å²) in [6.45, 7) is 15.2. The van der Waals surface area contributed by atoms with E-state index in [1.807, 2.05) is 35.1 Å². The number of rotatable bonds is 17. The Hall–Kier alpha value is -2.26. The van der Waals surface area contributed by atoms with Crippen molar-refractivity contribution in [2.75, 3.05) is 52.7 Å². The van der Waals surface area contributed by atoms with Crippen LogP contribution in [0.25, 0.3) is 0 Å². The molecule has 8 heteroatoms. The third-order valence-corrected chi connectivity index (χ3v) is 5.42. The highest BCUT2D eigenvalue weighted by molar-refractivity contribution is 5.94. The van der Waals surface area contributed by atoms with Crippen LogP contribution in [0.2, 0.25) is 0 Å². The maximum Gasteiger partial charge on any atom is 0.251 e. The van der Waals surface area contributed by atoms with Crippen LogP contribution < -0.4 is 10.6 Å². The molecular formula is C26H42N4O4. The second-order valence-corrected chi connectivity index (χ2v) is 8.91. The zero-order valence-electron chi connectivity index (χ0n) is 21.4. The third kappa shape index (κ3) is 10.3. The van der Waals surface area contributed by atoms with Gasteiger partial charge in [-0.15, -0.1) is 0 Å². The summed E-state index contributed by atoms with van der Waals surface area (Å²) in [7, 11) is 0. The first kappa shape index (κ1) is 28.0. The minimum absolute atomic E-state index is 0.105. The zero-order chi connectivity index (χ0) is 24.8. The lowest BCUT2D eigenvalue weighted by Crippen LogP contribution is -2.27. The lowest BCUT2D eigenvalue weighted by molar-refractivity contribution is 0.0155. The van der Waals surface area contributed by atoms with Gasteiger partial charge in [-0.05, 0) is 36.1 Å². The molecule has 0 saturated carbocycles. The molecule has 34 heavy (non-hydrogen) atoms. The molecule has 0 fully saturated rings. The molecule has 0 radical (unpaired) electrons. The van der Waals surface area contributed by atoms with Crippen LogP contribution in [0.3, 0.4) is 0 Å². The largest absolute Gasteiger partial charge is 0.378 e. The van der Waals surface area contributed by atoms with E-state index in [2.05, 4.69) is 56.5 Å². The number of nitrogens with zero attached hydrogens (tertiary/aromatic N) is 2. The Morgan fingerprint density at radius 1 is 0.853 bits per heavy atom. The molecular weight excluding hydrogens is 432 g/mol. The maximum atomic E-state index is 12.4. The molecule has 8 nitrogen and oxygen atoms in total. The van der Waals surface area contributed by atoms with Crippen LogP contribution in [0.15, 0.2) is 36.7 Å². The Morgan fingerprint density at radius 2 is 1.44 bits per heavy atom. The molecule has 1 heterocycles. The van der Waals surface area contributed by atoms with Crippen molar-refractivity contribution in [2.24, 2.45) is 0 Å². The lowest BCUT2D eigenvalue weighted by Gasteiger charge is -2.13. The van der Waals surface area contributed by atoms with E-state index in [1.165, 1.54) is 5.56 Å². The van der Waals surface area contributed by atoms with Gasteiger partial charge in [0.1, 0.15) is 0 Å². The van der Waals surface area contributed by atoms with Crippen LogP contribution in [-0.2, 0) is 14.2 Å². The number of benzene rings is 1. The topological polar surface area (TPSA) is 86.6 Å². The van der Waals surface area contributed by atoms with Gasteiger partial charge in [-0.2, -0.15) is 5.10 Å². The molecule has 1 atom stereocenters. The van der Waals surface area contributed by atoms with Crippen LogP contribution >= 0.6 is 0 Å². The number of nitrogens with one attached hydrogen (secondary N) is 2.